The van der Waals surface area contributed by atoms with Gasteiger partial charge in [0.25, 0.3) is 5.91 Å². The van der Waals surface area contributed by atoms with Gasteiger partial charge in [-0.25, -0.2) is 9.78 Å². The van der Waals surface area contributed by atoms with Gasteiger partial charge in [-0.3, -0.25) is 4.79 Å². The Morgan fingerprint density at radius 2 is 2.00 bits per heavy atom. The van der Waals surface area contributed by atoms with E-state index in [0.29, 0.717) is 5.69 Å². The highest BCUT2D eigenvalue weighted by molar-refractivity contribution is 7.20. The number of carbonyl (C=O) groups is 2. The minimum Gasteiger partial charge on any atom is -0.451 e. The lowest BCUT2D eigenvalue weighted by Crippen LogP contribution is -2.21. The summed E-state index contributed by atoms with van der Waals surface area (Å²) in [7, 11) is 0. The maximum atomic E-state index is 12.0. The minimum atomic E-state index is -0.603. The van der Waals surface area contributed by atoms with Gasteiger partial charge in [-0.15, -0.1) is 22.7 Å². The first-order valence-electron chi connectivity index (χ1n) is 7.15. The van der Waals surface area contributed by atoms with Gasteiger partial charge in [0.2, 0.25) is 0 Å². The average Bonchev–Trinajstić information content (AvgIpc) is 3.25. The molecule has 0 aliphatic rings. The summed E-state index contributed by atoms with van der Waals surface area (Å²) in [4.78, 5) is 29.1. The van der Waals surface area contributed by atoms with Crippen LogP contribution in [0.4, 0.5) is 5.69 Å². The quantitative estimate of drug-likeness (QED) is 0.701. The van der Waals surface area contributed by atoms with Crippen molar-refractivity contribution >= 4 is 40.2 Å². The first-order chi connectivity index (χ1) is 11.6. The fraction of sp³-hybridized carbons (Fsp3) is 0.118. The highest BCUT2D eigenvalue weighted by atomic mass is 32.1. The number of nitrogens with one attached hydrogen (secondary N) is 1. The minimum absolute atomic E-state index is 0.215. The molecule has 0 atom stereocenters. The molecule has 2 aromatic heterocycles. The van der Waals surface area contributed by atoms with Crippen LogP contribution in [0.1, 0.15) is 16.1 Å². The molecule has 0 radical (unpaired) electrons. The van der Waals surface area contributed by atoms with E-state index in [4.69, 9.17) is 4.74 Å². The van der Waals surface area contributed by atoms with Crippen LogP contribution in [0.25, 0.3) is 9.88 Å². The van der Waals surface area contributed by atoms with Crippen molar-refractivity contribution in [2.75, 3.05) is 11.9 Å². The van der Waals surface area contributed by atoms with Gasteiger partial charge in [-0.1, -0.05) is 24.3 Å². The molecular weight excluding hydrogens is 344 g/mol. The maximum absolute atomic E-state index is 12.0. The molecule has 24 heavy (non-hydrogen) atoms. The molecule has 0 bridgehead atoms. The number of esters is 1. The largest absolute Gasteiger partial charge is 0.451 e. The Morgan fingerprint density at radius 1 is 1.17 bits per heavy atom. The Kier molecular flexibility index (Phi) is 5.02. The van der Waals surface area contributed by atoms with E-state index in [-0.39, 0.29) is 18.2 Å². The van der Waals surface area contributed by atoms with Crippen molar-refractivity contribution in [3.05, 3.63) is 58.4 Å². The van der Waals surface area contributed by atoms with Crippen molar-refractivity contribution in [1.29, 1.82) is 0 Å². The van der Waals surface area contributed by atoms with Gasteiger partial charge < -0.3 is 10.1 Å². The monoisotopic (exact) mass is 358 g/mol. The Hall–Kier alpha value is -2.51. The molecule has 0 spiro atoms. The molecule has 3 aromatic rings. The molecule has 7 heteroatoms. The van der Waals surface area contributed by atoms with Crippen LogP contribution in [0.15, 0.2) is 47.2 Å². The fourth-order valence-corrected chi connectivity index (χ4v) is 3.59. The van der Waals surface area contributed by atoms with Gasteiger partial charge in [0.1, 0.15) is 5.01 Å². The summed E-state index contributed by atoms with van der Waals surface area (Å²) >= 11 is 2.93. The van der Waals surface area contributed by atoms with E-state index in [1.807, 2.05) is 42.6 Å². The summed E-state index contributed by atoms with van der Waals surface area (Å²) in [6.07, 6.45) is 0. The summed E-state index contributed by atoms with van der Waals surface area (Å²) in [5.41, 5.74) is 1.86. The number of thiazole rings is 1. The van der Waals surface area contributed by atoms with Crippen LogP contribution in [0.3, 0.4) is 0 Å². The third-order valence-electron chi connectivity index (χ3n) is 3.20. The van der Waals surface area contributed by atoms with Crippen LogP contribution >= 0.6 is 22.7 Å². The van der Waals surface area contributed by atoms with Crippen LogP contribution in [0, 0.1) is 6.92 Å². The number of nitrogens with zero attached hydrogens (tertiary/aromatic N) is 1. The van der Waals surface area contributed by atoms with E-state index < -0.39 is 5.97 Å². The van der Waals surface area contributed by atoms with Gasteiger partial charge >= 0.3 is 5.97 Å². The van der Waals surface area contributed by atoms with Crippen molar-refractivity contribution in [2.24, 2.45) is 0 Å². The number of ether oxygens (including phenoxy) is 1. The number of aryl methyl sites for hydroxylation is 1. The SMILES string of the molecule is Cc1ccccc1NC(=O)COC(=O)c1csc(-c2cccs2)n1. The number of aromatic nitrogens is 1. The van der Waals surface area contributed by atoms with Gasteiger partial charge in [0.05, 0.1) is 4.88 Å². The standard InChI is InChI=1S/C17H14N2O3S2/c1-11-5-2-3-6-12(11)18-15(20)9-22-17(21)13-10-24-16(19-13)14-7-4-8-23-14/h2-8,10H,9H2,1H3,(H,18,20). The summed E-state index contributed by atoms with van der Waals surface area (Å²) < 4.78 is 5.03. The van der Waals surface area contributed by atoms with Gasteiger partial charge in [0.15, 0.2) is 12.3 Å². The third-order valence-corrected chi connectivity index (χ3v) is 5.08. The molecule has 2 heterocycles. The van der Waals surface area contributed by atoms with E-state index in [9.17, 15) is 9.59 Å². The highest BCUT2D eigenvalue weighted by Crippen LogP contribution is 2.27. The molecule has 122 valence electrons. The molecule has 3 rings (SSSR count). The second-order valence-corrected chi connectivity index (χ2v) is 6.76. The van der Waals surface area contributed by atoms with Gasteiger partial charge in [-0.05, 0) is 30.0 Å². The molecule has 0 aliphatic heterocycles. The second kappa shape index (κ2) is 7.37. The molecule has 5 nitrogen and oxygen atoms in total. The number of carbonyl (C=O) groups excluding carboxylic acids is 2. The van der Waals surface area contributed by atoms with Crippen molar-refractivity contribution in [3.63, 3.8) is 0 Å². The summed E-state index contributed by atoms with van der Waals surface area (Å²) in [5, 5.41) is 7.06. The van der Waals surface area contributed by atoms with Crippen LogP contribution < -0.4 is 5.32 Å². The van der Waals surface area contributed by atoms with Crippen molar-refractivity contribution in [2.45, 2.75) is 6.92 Å². The molecule has 0 saturated carbocycles. The number of hydrogen-bond donors (Lipinski definition) is 1. The first kappa shape index (κ1) is 16.4. The Balaban J connectivity index is 1.56. The molecular formula is C17H14N2O3S2. The third kappa shape index (κ3) is 3.87. The van der Waals surface area contributed by atoms with Crippen LogP contribution in [-0.2, 0) is 9.53 Å². The first-order valence-corrected chi connectivity index (χ1v) is 8.91. The highest BCUT2D eigenvalue weighted by Gasteiger charge is 2.15. The number of para-hydroxylation sites is 1. The number of rotatable bonds is 5. The fourth-order valence-electron chi connectivity index (χ4n) is 1.99. The smallest absolute Gasteiger partial charge is 0.358 e. The maximum Gasteiger partial charge on any atom is 0.358 e. The molecule has 0 fully saturated rings. The lowest BCUT2D eigenvalue weighted by atomic mass is 10.2. The molecule has 0 unspecified atom stereocenters. The number of amides is 1. The van der Waals surface area contributed by atoms with Crippen molar-refractivity contribution in [3.8, 4) is 9.88 Å². The normalized spacial score (nSPS) is 10.4. The van der Waals surface area contributed by atoms with E-state index >= 15 is 0 Å². The van der Waals surface area contributed by atoms with E-state index in [2.05, 4.69) is 10.3 Å². The van der Waals surface area contributed by atoms with Gasteiger partial charge in [0, 0.05) is 11.1 Å². The lowest BCUT2D eigenvalue weighted by Gasteiger charge is -2.08. The van der Waals surface area contributed by atoms with Crippen LogP contribution in [-0.4, -0.2) is 23.5 Å². The summed E-state index contributed by atoms with van der Waals surface area (Å²) in [6, 6.07) is 11.3. The predicted molar refractivity (Wildman–Crippen MR) is 95.5 cm³/mol. The zero-order valence-electron chi connectivity index (χ0n) is 12.8. The second-order valence-electron chi connectivity index (χ2n) is 4.95. The summed E-state index contributed by atoms with van der Waals surface area (Å²) in [6.45, 7) is 1.54. The Labute approximate surface area is 146 Å². The number of thiophene rings is 1. The van der Waals surface area contributed by atoms with Crippen LogP contribution in [0.5, 0.6) is 0 Å². The Bertz CT molecular complexity index is 856. The Morgan fingerprint density at radius 3 is 2.75 bits per heavy atom. The zero-order valence-corrected chi connectivity index (χ0v) is 14.4. The van der Waals surface area contributed by atoms with E-state index in [1.54, 1.807) is 22.8 Å². The van der Waals surface area contributed by atoms with E-state index in [0.717, 1.165) is 15.4 Å². The molecule has 0 saturated heterocycles. The number of hydrogen-bond acceptors (Lipinski definition) is 6. The van der Waals surface area contributed by atoms with Crippen LogP contribution in [0.2, 0.25) is 0 Å². The number of benzene rings is 1. The average molecular weight is 358 g/mol. The zero-order chi connectivity index (χ0) is 16.9. The molecule has 0 aliphatic carbocycles. The predicted octanol–water partition coefficient (Wildman–Crippen LogP) is 3.98. The molecule has 1 aromatic carbocycles. The topological polar surface area (TPSA) is 68.3 Å². The molecule has 1 amide bonds. The van der Waals surface area contributed by atoms with Gasteiger partial charge in [-0.2, -0.15) is 0 Å². The summed E-state index contributed by atoms with van der Waals surface area (Å²) in [5.74, 6) is -0.986. The van der Waals surface area contributed by atoms with E-state index in [1.165, 1.54) is 11.3 Å². The number of anilines is 1. The van der Waals surface area contributed by atoms with Crippen molar-refractivity contribution in [1.82, 2.24) is 4.98 Å². The molecule has 1 N–H and O–H groups in total. The van der Waals surface area contributed by atoms with Crippen molar-refractivity contribution < 1.29 is 14.3 Å². The lowest BCUT2D eigenvalue weighted by molar-refractivity contribution is -0.119.